The summed E-state index contributed by atoms with van der Waals surface area (Å²) in [6, 6.07) is 3.19. The molecule has 5 nitrogen and oxygen atoms in total. The zero-order chi connectivity index (χ0) is 13.2. The van der Waals surface area contributed by atoms with Crippen LogP contribution in [-0.2, 0) is 16.4 Å². The van der Waals surface area contributed by atoms with Gasteiger partial charge in [0.05, 0.1) is 29.1 Å². The van der Waals surface area contributed by atoms with Gasteiger partial charge in [-0.2, -0.15) is 0 Å². The largest absolute Gasteiger partial charge is 0.378 e. The fourth-order valence-corrected chi connectivity index (χ4v) is 2.56. The van der Waals surface area contributed by atoms with Crippen LogP contribution in [0.15, 0.2) is 28.7 Å². The van der Waals surface area contributed by atoms with Crippen LogP contribution >= 0.6 is 11.3 Å². The molecule has 0 aliphatic carbocycles. The Bertz CT molecular complexity index is 633. The molecule has 0 aliphatic rings. The van der Waals surface area contributed by atoms with Crippen LogP contribution in [-0.4, -0.2) is 24.6 Å². The number of hydrogen-bond acceptors (Lipinski definition) is 6. The average Bonchev–Trinajstić information content (AvgIpc) is 2.72. The predicted molar refractivity (Wildman–Crippen MR) is 71.5 cm³/mol. The molecule has 2 aromatic heterocycles. The summed E-state index contributed by atoms with van der Waals surface area (Å²) in [5.74, 6) is 0. The molecule has 0 aliphatic heterocycles. The highest BCUT2D eigenvalue weighted by atomic mass is 32.2. The lowest BCUT2D eigenvalue weighted by molar-refractivity contribution is 0.598. The monoisotopic (exact) mass is 283 g/mol. The summed E-state index contributed by atoms with van der Waals surface area (Å²) < 4.78 is 22.5. The highest BCUT2D eigenvalue weighted by Crippen LogP contribution is 2.13. The Balaban J connectivity index is 2.03. The van der Waals surface area contributed by atoms with E-state index in [1.54, 1.807) is 17.4 Å². The molecule has 2 rings (SSSR count). The number of anilines is 1. The molecule has 1 N–H and O–H groups in total. The van der Waals surface area contributed by atoms with Crippen molar-refractivity contribution in [1.82, 2.24) is 9.97 Å². The van der Waals surface area contributed by atoms with Gasteiger partial charge in [0.25, 0.3) is 0 Å². The fourth-order valence-electron chi connectivity index (χ4n) is 1.39. The Morgan fingerprint density at radius 3 is 2.67 bits per heavy atom. The summed E-state index contributed by atoms with van der Waals surface area (Å²) in [5, 5.41) is 6.23. The van der Waals surface area contributed by atoms with Gasteiger partial charge in [-0.05, 0) is 19.1 Å². The topological polar surface area (TPSA) is 72.0 Å². The SMILES string of the molecule is Cc1nc(CNc2ccc(S(C)(=O)=O)nc2)cs1. The molecule has 0 unspecified atom stereocenters. The molecule has 7 heteroatoms. The van der Waals surface area contributed by atoms with Gasteiger partial charge in [0.2, 0.25) is 0 Å². The van der Waals surface area contributed by atoms with Gasteiger partial charge in [0.1, 0.15) is 0 Å². The van der Waals surface area contributed by atoms with Crippen molar-refractivity contribution in [3.63, 3.8) is 0 Å². The van der Waals surface area contributed by atoms with Crippen molar-refractivity contribution in [2.75, 3.05) is 11.6 Å². The lowest BCUT2D eigenvalue weighted by atomic mass is 10.4. The molecule has 0 spiro atoms. The van der Waals surface area contributed by atoms with E-state index in [1.165, 1.54) is 12.3 Å². The van der Waals surface area contributed by atoms with Crippen LogP contribution < -0.4 is 5.32 Å². The molecule has 0 saturated heterocycles. The lowest BCUT2D eigenvalue weighted by Gasteiger charge is -2.04. The molecule has 2 aromatic rings. The highest BCUT2D eigenvalue weighted by molar-refractivity contribution is 7.90. The first-order chi connectivity index (χ1) is 8.45. The number of nitrogens with one attached hydrogen (secondary N) is 1. The predicted octanol–water partition coefficient (Wildman–Crippen LogP) is 1.86. The molecule has 0 saturated carbocycles. The van der Waals surface area contributed by atoms with Gasteiger partial charge in [-0.3, -0.25) is 0 Å². The van der Waals surface area contributed by atoms with Crippen molar-refractivity contribution in [2.24, 2.45) is 0 Å². The maximum Gasteiger partial charge on any atom is 0.192 e. The molecule has 96 valence electrons. The standard InChI is InChI=1S/C11H13N3O2S2/c1-8-14-10(7-17-8)6-12-9-3-4-11(13-5-9)18(2,15)16/h3-5,7,12H,6H2,1-2H3. The number of sulfone groups is 1. The number of aryl methyl sites for hydroxylation is 1. The summed E-state index contributed by atoms with van der Waals surface area (Å²) in [6.07, 6.45) is 2.65. The smallest absolute Gasteiger partial charge is 0.192 e. The highest BCUT2D eigenvalue weighted by Gasteiger charge is 2.07. The molecule has 0 radical (unpaired) electrons. The van der Waals surface area contributed by atoms with Crippen molar-refractivity contribution in [3.8, 4) is 0 Å². The first kappa shape index (κ1) is 13.0. The van der Waals surface area contributed by atoms with Gasteiger partial charge in [0.15, 0.2) is 14.9 Å². The van der Waals surface area contributed by atoms with E-state index in [4.69, 9.17) is 0 Å². The van der Waals surface area contributed by atoms with Gasteiger partial charge in [-0.25, -0.2) is 18.4 Å². The summed E-state index contributed by atoms with van der Waals surface area (Å²) in [6.45, 7) is 2.56. The molecular formula is C11H13N3O2S2. The number of hydrogen-bond donors (Lipinski definition) is 1. The second-order valence-electron chi connectivity index (χ2n) is 3.87. The van der Waals surface area contributed by atoms with E-state index in [2.05, 4.69) is 15.3 Å². The third-order valence-electron chi connectivity index (χ3n) is 2.26. The maximum atomic E-state index is 11.2. The van der Waals surface area contributed by atoms with Crippen LogP contribution in [0.2, 0.25) is 0 Å². The van der Waals surface area contributed by atoms with Crippen molar-refractivity contribution in [3.05, 3.63) is 34.4 Å². The molecule has 2 heterocycles. The van der Waals surface area contributed by atoms with Crippen LogP contribution in [0.3, 0.4) is 0 Å². The van der Waals surface area contributed by atoms with Crippen molar-refractivity contribution in [1.29, 1.82) is 0 Å². The van der Waals surface area contributed by atoms with Crippen molar-refractivity contribution >= 4 is 26.9 Å². The average molecular weight is 283 g/mol. The first-order valence-corrected chi connectivity index (χ1v) is 8.03. The van der Waals surface area contributed by atoms with E-state index < -0.39 is 9.84 Å². The Hall–Kier alpha value is -1.47. The zero-order valence-corrected chi connectivity index (χ0v) is 11.7. The van der Waals surface area contributed by atoms with Gasteiger partial charge in [0, 0.05) is 11.6 Å². The van der Waals surface area contributed by atoms with E-state index in [0.717, 1.165) is 22.6 Å². The van der Waals surface area contributed by atoms with Crippen molar-refractivity contribution < 1.29 is 8.42 Å². The minimum atomic E-state index is -3.23. The van der Waals surface area contributed by atoms with E-state index in [1.807, 2.05) is 12.3 Å². The zero-order valence-electron chi connectivity index (χ0n) is 10.0. The summed E-state index contributed by atoms with van der Waals surface area (Å²) in [7, 11) is -3.23. The third-order valence-corrected chi connectivity index (χ3v) is 4.08. The van der Waals surface area contributed by atoms with Gasteiger partial charge in [-0.15, -0.1) is 11.3 Å². The lowest BCUT2D eigenvalue weighted by Crippen LogP contribution is -2.03. The number of pyridine rings is 1. The number of thiazole rings is 1. The molecule has 0 atom stereocenters. The second kappa shape index (κ2) is 5.03. The Kier molecular flexibility index (Phi) is 3.63. The van der Waals surface area contributed by atoms with Crippen LogP contribution in [0, 0.1) is 6.92 Å². The maximum absolute atomic E-state index is 11.2. The van der Waals surface area contributed by atoms with E-state index in [9.17, 15) is 8.42 Å². The first-order valence-electron chi connectivity index (χ1n) is 5.26. The minimum Gasteiger partial charge on any atom is -0.378 e. The molecule has 0 bridgehead atoms. The summed E-state index contributed by atoms with van der Waals surface area (Å²) in [5.41, 5.74) is 1.73. The van der Waals surface area contributed by atoms with Gasteiger partial charge >= 0.3 is 0 Å². The van der Waals surface area contributed by atoms with Crippen molar-refractivity contribution in [2.45, 2.75) is 18.5 Å². The van der Waals surface area contributed by atoms with E-state index in [0.29, 0.717) is 6.54 Å². The molecular weight excluding hydrogens is 270 g/mol. The normalized spacial score (nSPS) is 11.4. The number of nitrogens with zero attached hydrogens (tertiary/aromatic N) is 2. The second-order valence-corrected chi connectivity index (χ2v) is 6.89. The quantitative estimate of drug-likeness (QED) is 0.927. The van der Waals surface area contributed by atoms with Crippen LogP contribution in [0.1, 0.15) is 10.7 Å². The molecule has 18 heavy (non-hydrogen) atoms. The number of rotatable bonds is 4. The van der Waals surface area contributed by atoms with Crippen LogP contribution in [0.4, 0.5) is 5.69 Å². The molecule has 0 amide bonds. The summed E-state index contributed by atoms with van der Waals surface area (Å²) >= 11 is 1.60. The third kappa shape index (κ3) is 3.27. The van der Waals surface area contributed by atoms with Crippen LogP contribution in [0.5, 0.6) is 0 Å². The minimum absolute atomic E-state index is 0.0811. The Labute approximate surface area is 110 Å². The molecule has 0 fully saturated rings. The van der Waals surface area contributed by atoms with Gasteiger partial charge in [-0.1, -0.05) is 0 Å². The summed E-state index contributed by atoms with van der Waals surface area (Å²) in [4.78, 5) is 8.22. The van der Waals surface area contributed by atoms with E-state index >= 15 is 0 Å². The molecule has 0 aromatic carbocycles. The Morgan fingerprint density at radius 2 is 2.17 bits per heavy atom. The fraction of sp³-hybridized carbons (Fsp3) is 0.273. The van der Waals surface area contributed by atoms with Crippen LogP contribution in [0.25, 0.3) is 0 Å². The number of aromatic nitrogens is 2. The van der Waals surface area contributed by atoms with Gasteiger partial charge < -0.3 is 5.32 Å². The Morgan fingerprint density at radius 1 is 1.39 bits per heavy atom. The van der Waals surface area contributed by atoms with E-state index in [-0.39, 0.29) is 5.03 Å².